The van der Waals surface area contributed by atoms with E-state index in [1.54, 1.807) is 11.8 Å². The normalized spacial score (nSPS) is 15.9. The number of aryl methyl sites for hydroxylation is 2. The van der Waals surface area contributed by atoms with Crippen molar-refractivity contribution in [2.75, 3.05) is 27.2 Å². The second kappa shape index (κ2) is 11.5. The van der Waals surface area contributed by atoms with E-state index < -0.39 is 6.10 Å². The minimum absolute atomic E-state index is 0.00319. The van der Waals surface area contributed by atoms with Crippen LogP contribution in [-0.2, 0) is 23.0 Å². The standard InChI is InChI=1S/C29H36N4O3/c1-21-19-26(32(3)30-21)28(34)31(2)25(20-22-11-7-5-8-12-22)23-15-17-33(18-16-23)29(35)27(36-4)24-13-9-6-10-14-24/h5-14,19,23,25,27H,15-18,20H2,1-4H3/t25-,27+/m1/s1. The van der Waals surface area contributed by atoms with Gasteiger partial charge in [0.25, 0.3) is 11.8 Å². The largest absolute Gasteiger partial charge is 0.367 e. The lowest BCUT2D eigenvalue weighted by molar-refractivity contribution is -0.144. The van der Waals surface area contributed by atoms with Gasteiger partial charge in [-0.25, -0.2) is 0 Å². The number of aromatic nitrogens is 2. The highest BCUT2D eigenvalue weighted by molar-refractivity contribution is 5.92. The van der Waals surface area contributed by atoms with E-state index in [0.29, 0.717) is 18.8 Å². The smallest absolute Gasteiger partial charge is 0.272 e. The van der Waals surface area contributed by atoms with Crippen molar-refractivity contribution in [2.24, 2.45) is 13.0 Å². The van der Waals surface area contributed by atoms with Gasteiger partial charge >= 0.3 is 0 Å². The van der Waals surface area contributed by atoms with Gasteiger partial charge in [0, 0.05) is 40.3 Å². The number of methoxy groups -OCH3 is 1. The molecule has 2 heterocycles. The lowest BCUT2D eigenvalue weighted by Gasteiger charge is -2.40. The van der Waals surface area contributed by atoms with Crippen LogP contribution < -0.4 is 0 Å². The summed E-state index contributed by atoms with van der Waals surface area (Å²) in [5.74, 6) is 0.243. The molecule has 2 amide bonds. The first-order valence-corrected chi connectivity index (χ1v) is 12.6. The zero-order valence-corrected chi connectivity index (χ0v) is 21.6. The number of nitrogens with zero attached hydrogens (tertiary/aromatic N) is 4. The molecule has 4 rings (SSSR count). The fourth-order valence-corrected chi connectivity index (χ4v) is 5.30. The summed E-state index contributed by atoms with van der Waals surface area (Å²) in [6.45, 7) is 3.19. The molecule has 1 aromatic heterocycles. The van der Waals surface area contributed by atoms with E-state index >= 15 is 0 Å². The number of amides is 2. The summed E-state index contributed by atoms with van der Waals surface area (Å²) in [6.07, 6.45) is 1.83. The number of ether oxygens (including phenoxy) is 1. The van der Waals surface area contributed by atoms with Crippen molar-refractivity contribution in [3.63, 3.8) is 0 Å². The predicted molar refractivity (Wildman–Crippen MR) is 139 cm³/mol. The molecule has 0 saturated carbocycles. The number of hydrogen-bond donors (Lipinski definition) is 0. The molecule has 1 fully saturated rings. The van der Waals surface area contributed by atoms with Gasteiger partial charge < -0.3 is 14.5 Å². The highest BCUT2D eigenvalue weighted by atomic mass is 16.5. The summed E-state index contributed by atoms with van der Waals surface area (Å²) >= 11 is 0. The molecule has 3 aromatic rings. The minimum Gasteiger partial charge on any atom is -0.367 e. The number of carbonyl (C=O) groups excluding carboxylic acids is 2. The molecule has 0 spiro atoms. The van der Waals surface area contributed by atoms with Gasteiger partial charge in [-0.05, 0) is 49.3 Å². The fraction of sp³-hybridized carbons (Fsp3) is 0.414. The number of likely N-dealkylation sites (tertiary alicyclic amines) is 1. The van der Waals surface area contributed by atoms with Crippen LogP contribution in [0.4, 0.5) is 0 Å². The summed E-state index contributed by atoms with van der Waals surface area (Å²) in [5, 5.41) is 4.36. The van der Waals surface area contributed by atoms with Crippen LogP contribution in [0, 0.1) is 12.8 Å². The maximum Gasteiger partial charge on any atom is 0.272 e. The van der Waals surface area contributed by atoms with Crippen LogP contribution in [0.2, 0.25) is 0 Å². The van der Waals surface area contributed by atoms with E-state index in [2.05, 4.69) is 17.2 Å². The highest BCUT2D eigenvalue weighted by Crippen LogP contribution is 2.29. The van der Waals surface area contributed by atoms with E-state index in [1.807, 2.05) is 85.4 Å². The molecule has 190 valence electrons. The molecule has 0 aliphatic carbocycles. The van der Waals surface area contributed by atoms with Crippen molar-refractivity contribution in [3.8, 4) is 0 Å². The van der Waals surface area contributed by atoms with E-state index in [-0.39, 0.29) is 23.8 Å². The second-order valence-corrected chi connectivity index (χ2v) is 9.66. The van der Waals surface area contributed by atoms with Crippen LogP contribution in [0.5, 0.6) is 0 Å². The lowest BCUT2D eigenvalue weighted by Crippen LogP contribution is -2.49. The summed E-state index contributed by atoms with van der Waals surface area (Å²) in [6, 6.07) is 21.8. The van der Waals surface area contributed by atoms with E-state index in [4.69, 9.17) is 4.74 Å². The summed E-state index contributed by atoms with van der Waals surface area (Å²) in [4.78, 5) is 30.6. The van der Waals surface area contributed by atoms with Crippen LogP contribution in [0.25, 0.3) is 0 Å². The number of hydrogen-bond acceptors (Lipinski definition) is 4. The van der Waals surface area contributed by atoms with Gasteiger partial charge in [-0.15, -0.1) is 0 Å². The second-order valence-electron chi connectivity index (χ2n) is 9.66. The Hall–Kier alpha value is -3.45. The molecule has 36 heavy (non-hydrogen) atoms. The van der Waals surface area contributed by atoms with Gasteiger partial charge in [-0.3, -0.25) is 14.3 Å². The predicted octanol–water partition coefficient (Wildman–Crippen LogP) is 4.04. The molecule has 2 aromatic carbocycles. The van der Waals surface area contributed by atoms with Crippen molar-refractivity contribution in [1.82, 2.24) is 19.6 Å². The number of rotatable bonds is 8. The van der Waals surface area contributed by atoms with Gasteiger partial charge in [0.2, 0.25) is 0 Å². The molecular weight excluding hydrogens is 452 g/mol. The topological polar surface area (TPSA) is 67.7 Å². The Morgan fingerprint density at radius 3 is 2.22 bits per heavy atom. The molecule has 0 bridgehead atoms. The average molecular weight is 489 g/mol. The minimum atomic E-state index is -0.597. The Labute approximate surface area is 213 Å². The quantitative estimate of drug-likeness (QED) is 0.480. The highest BCUT2D eigenvalue weighted by Gasteiger charge is 2.35. The van der Waals surface area contributed by atoms with Crippen molar-refractivity contribution < 1.29 is 14.3 Å². The van der Waals surface area contributed by atoms with E-state index in [0.717, 1.165) is 30.5 Å². The zero-order valence-electron chi connectivity index (χ0n) is 21.6. The molecule has 0 radical (unpaired) electrons. The SMILES string of the molecule is CO[C@H](C(=O)N1CCC([C@@H](Cc2ccccc2)N(C)C(=O)c2cc(C)nn2C)CC1)c1ccccc1. The van der Waals surface area contributed by atoms with Crippen molar-refractivity contribution >= 4 is 11.8 Å². The van der Waals surface area contributed by atoms with Crippen molar-refractivity contribution in [1.29, 1.82) is 0 Å². The molecule has 1 aliphatic heterocycles. The summed E-state index contributed by atoms with van der Waals surface area (Å²) in [5.41, 5.74) is 3.48. The molecule has 0 unspecified atom stereocenters. The third-order valence-corrected chi connectivity index (χ3v) is 7.28. The molecule has 1 saturated heterocycles. The first kappa shape index (κ1) is 25.6. The fourth-order valence-electron chi connectivity index (χ4n) is 5.30. The average Bonchev–Trinajstić information content (AvgIpc) is 3.25. The number of likely N-dealkylation sites (N-methyl/N-ethyl adjacent to an activating group) is 1. The van der Waals surface area contributed by atoms with Gasteiger partial charge in [0.15, 0.2) is 6.10 Å². The van der Waals surface area contributed by atoms with Crippen LogP contribution in [0.1, 0.15) is 46.3 Å². The molecule has 7 heteroatoms. The Bertz CT molecular complexity index is 1150. The van der Waals surface area contributed by atoms with Gasteiger partial charge in [0.1, 0.15) is 5.69 Å². The monoisotopic (exact) mass is 488 g/mol. The van der Waals surface area contributed by atoms with Crippen molar-refractivity contribution in [3.05, 3.63) is 89.2 Å². The first-order chi connectivity index (χ1) is 17.4. The number of piperidine rings is 1. The summed E-state index contributed by atoms with van der Waals surface area (Å²) in [7, 11) is 5.29. The van der Waals surface area contributed by atoms with Crippen molar-refractivity contribution in [2.45, 2.75) is 38.3 Å². The Balaban J connectivity index is 1.49. The number of benzene rings is 2. The number of carbonyl (C=O) groups is 2. The molecular formula is C29H36N4O3. The molecule has 7 nitrogen and oxygen atoms in total. The maximum atomic E-state index is 13.5. The molecule has 1 aliphatic rings. The Morgan fingerprint density at radius 1 is 1.06 bits per heavy atom. The van der Waals surface area contributed by atoms with Crippen LogP contribution >= 0.6 is 0 Å². The molecule has 2 atom stereocenters. The maximum absolute atomic E-state index is 13.5. The van der Waals surface area contributed by atoms with E-state index in [9.17, 15) is 9.59 Å². The Kier molecular flexibility index (Phi) is 8.21. The Morgan fingerprint density at radius 2 is 1.67 bits per heavy atom. The third-order valence-electron chi connectivity index (χ3n) is 7.28. The van der Waals surface area contributed by atoms with E-state index in [1.165, 1.54) is 5.56 Å². The van der Waals surface area contributed by atoms with Gasteiger partial charge in [-0.1, -0.05) is 60.7 Å². The zero-order chi connectivity index (χ0) is 25.7. The van der Waals surface area contributed by atoms with Gasteiger partial charge in [0.05, 0.1) is 5.69 Å². The van der Waals surface area contributed by atoms with Gasteiger partial charge in [-0.2, -0.15) is 5.10 Å². The summed E-state index contributed by atoms with van der Waals surface area (Å²) < 4.78 is 7.24. The lowest BCUT2D eigenvalue weighted by atomic mass is 9.84. The van der Waals surface area contributed by atoms with Crippen LogP contribution in [0.15, 0.2) is 66.7 Å². The first-order valence-electron chi connectivity index (χ1n) is 12.6. The third kappa shape index (κ3) is 5.68. The van der Waals surface area contributed by atoms with Crippen LogP contribution in [0.3, 0.4) is 0 Å². The molecule has 0 N–H and O–H groups in total. The van der Waals surface area contributed by atoms with Crippen LogP contribution in [-0.4, -0.2) is 64.7 Å².